The number of hydrogen-bond acceptors (Lipinski definition) is 3. The van der Waals surface area contributed by atoms with Crippen LogP contribution in [0.2, 0.25) is 0 Å². The second kappa shape index (κ2) is 4.40. The predicted molar refractivity (Wildman–Crippen MR) is 70.2 cm³/mol. The molecule has 0 atom stereocenters. The van der Waals surface area contributed by atoms with Crippen LogP contribution in [0.4, 0.5) is 0 Å². The van der Waals surface area contributed by atoms with Crippen molar-refractivity contribution in [2.75, 3.05) is 0 Å². The molecule has 0 saturated carbocycles. The van der Waals surface area contributed by atoms with Crippen molar-refractivity contribution in [3.63, 3.8) is 0 Å². The summed E-state index contributed by atoms with van der Waals surface area (Å²) in [4.78, 5) is 18.9. The van der Waals surface area contributed by atoms with E-state index in [4.69, 9.17) is 0 Å². The van der Waals surface area contributed by atoms with Crippen molar-refractivity contribution in [2.24, 2.45) is 12.5 Å². The summed E-state index contributed by atoms with van der Waals surface area (Å²) in [6.07, 6.45) is 4.29. The third-order valence-corrected chi connectivity index (χ3v) is 2.49. The summed E-state index contributed by atoms with van der Waals surface area (Å²) in [7, 11) is 1.84. The molecule has 0 saturated heterocycles. The van der Waals surface area contributed by atoms with Crippen molar-refractivity contribution in [3.8, 4) is 11.3 Å². The van der Waals surface area contributed by atoms with Gasteiger partial charge in [-0.25, -0.2) is 4.98 Å². The molecule has 2 heterocycles. The average molecular weight is 246 g/mol. The fourth-order valence-electron chi connectivity index (χ4n) is 1.80. The van der Waals surface area contributed by atoms with Gasteiger partial charge in [0.25, 0.3) is 5.56 Å². The lowest BCUT2D eigenvalue weighted by Gasteiger charge is -2.17. The Balaban J connectivity index is 2.41. The Morgan fingerprint density at radius 3 is 2.67 bits per heavy atom. The molecule has 96 valence electrons. The zero-order valence-electron chi connectivity index (χ0n) is 11.2. The maximum atomic E-state index is 11.7. The molecule has 0 aliphatic carbocycles. The van der Waals surface area contributed by atoms with Crippen LogP contribution in [0.1, 0.15) is 26.6 Å². The first-order chi connectivity index (χ1) is 8.33. The lowest BCUT2D eigenvalue weighted by Crippen LogP contribution is -2.17. The van der Waals surface area contributed by atoms with Crippen molar-refractivity contribution in [2.45, 2.75) is 27.2 Å². The molecule has 1 N–H and O–H groups in total. The zero-order valence-corrected chi connectivity index (χ0v) is 11.2. The maximum absolute atomic E-state index is 11.7. The summed E-state index contributed by atoms with van der Waals surface area (Å²) >= 11 is 0. The number of nitrogens with zero attached hydrogens (tertiary/aromatic N) is 3. The first kappa shape index (κ1) is 12.5. The molecule has 0 bridgehead atoms. The van der Waals surface area contributed by atoms with Crippen LogP contribution < -0.4 is 5.56 Å². The highest BCUT2D eigenvalue weighted by molar-refractivity contribution is 5.56. The van der Waals surface area contributed by atoms with Gasteiger partial charge in [0.2, 0.25) is 0 Å². The van der Waals surface area contributed by atoms with E-state index in [0.29, 0.717) is 11.5 Å². The van der Waals surface area contributed by atoms with E-state index >= 15 is 0 Å². The summed E-state index contributed by atoms with van der Waals surface area (Å²) in [5, 5.41) is 4.09. The highest BCUT2D eigenvalue weighted by Gasteiger charge is 2.14. The number of rotatable bonds is 2. The molecule has 2 aromatic heterocycles. The van der Waals surface area contributed by atoms with Crippen LogP contribution in [-0.2, 0) is 13.5 Å². The summed E-state index contributed by atoms with van der Waals surface area (Å²) < 4.78 is 1.70. The van der Waals surface area contributed by atoms with Gasteiger partial charge in [0.05, 0.1) is 11.9 Å². The lowest BCUT2D eigenvalue weighted by atomic mass is 9.92. The Morgan fingerprint density at radius 1 is 1.39 bits per heavy atom. The topological polar surface area (TPSA) is 63.6 Å². The summed E-state index contributed by atoms with van der Waals surface area (Å²) in [5.41, 5.74) is 1.50. The molecule has 2 rings (SSSR count). The zero-order chi connectivity index (χ0) is 13.3. The van der Waals surface area contributed by atoms with E-state index in [0.717, 1.165) is 12.0 Å². The predicted octanol–water partition coefficient (Wildman–Crippen LogP) is 1.76. The average Bonchev–Trinajstić information content (AvgIpc) is 2.61. The van der Waals surface area contributed by atoms with Crippen LogP contribution in [0.25, 0.3) is 11.3 Å². The molecule has 0 aromatic carbocycles. The van der Waals surface area contributed by atoms with Gasteiger partial charge in [-0.2, -0.15) is 5.10 Å². The van der Waals surface area contributed by atoms with Crippen molar-refractivity contribution < 1.29 is 0 Å². The van der Waals surface area contributed by atoms with Gasteiger partial charge >= 0.3 is 0 Å². The van der Waals surface area contributed by atoms with E-state index in [1.807, 2.05) is 13.2 Å². The number of H-pyrrole nitrogens is 1. The minimum Gasteiger partial charge on any atom is -0.311 e. The molecule has 2 aromatic rings. The molecule has 0 radical (unpaired) electrons. The van der Waals surface area contributed by atoms with Gasteiger partial charge < -0.3 is 4.98 Å². The van der Waals surface area contributed by atoms with Crippen molar-refractivity contribution in [3.05, 3.63) is 34.6 Å². The number of aromatic nitrogens is 4. The van der Waals surface area contributed by atoms with E-state index in [9.17, 15) is 4.79 Å². The largest absolute Gasteiger partial charge is 0.311 e. The first-order valence-corrected chi connectivity index (χ1v) is 5.93. The smallest absolute Gasteiger partial charge is 0.251 e. The Bertz CT molecular complexity index is 604. The van der Waals surface area contributed by atoms with Gasteiger partial charge in [0.15, 0.2) is 0 Å². The SMILES string of the molecule is Cn1cc(-c2cc(=O)[nH]c(CC(C)(C)C)n2)cn1. The van der Waals surface area contributed by atoms with Crippen molar-refractivity contribution >= 4 is 0 Å². The molecule has 0 aliphatic rings. The van der Waals surface area contributed by atoms with Gasteiger partial charge in [-0.1, -0.05) is 20.8 Å². The minimum atomic E-state index is -0.122. The Hall–Kier alpha value is -1.91. The molecule has 18 heavy (non-hydrogen) atoms. The molecular weight excluding hydrogens is 228 g/mol. The molecular formula is C13H18N4O. The van der Waals surface area contributed by atoms with Gasteiger partial charge in [-0.15, -0.1) is 0 Å². The number of hydrogen-bond donors (Lipinski definition) is 1. The second-order valence-corrected chi connectivity index (χ2v) is 5.72. The molecule has 0 unspecified atom stereocenters. The third kappa shape index (κ3) is 3.06. The van der Waals surface area contributed by atoms with E-state index in [1.165, 1.54) is 6.07 Å². The molecule has 0 spiro atoms. The highest BCUT2D eigenvalue weighted by Crippen LogP contribution is 2.19. The van der Waals surface area contributed by atoms with Gasteiger partial charge in [-0.3, -0.25) is 9.48 Å². The van der Waals surface area contributed by atoms with Crippen LogP contribution in [0.5, 0.6) is 0 Å². The molecule has 0 amide bonds. The summed E-state index contributed by atoms with van der Waals surface area (Å²) in [5.74, 6) is 0.717. The maximum Gasteiger partial charge on any atom is 0.251 e. The van der Waals surface area contributed by atoms with Crippen LogP contribution in [0.15, 0.2) is 23.3 Å². The van der Waals surface area contributed by atoms with Gasteiger partial charge in [0.1, 0.15) is 5.82 Å². The van der Waals surface area contributed by atoms with Gasteiger partial charge in [-0.05, 0) is 5.41 Å². The fourth-order valence-corrected chi connectivity index (χ4v) is 1.80. The van der Waals surface area contributed by atoms with Crippen molar-refractivity contribution in [1.29, 1.82) is 0 Å². The first-order valence-electron chi connectivity index (χ1n) is 5.93. The summed E-state index contributed by atoms with van der Waals surface area (Å²) in [6.45, 7) is 6.34. The summed E-state index contributed by atoms with van der Waals surface area (Å²) in [6, 6.07) is 1.50. The normalized spacial score (nSPS) is 11.8. The number of aryl methyl sites for hydroxylation is 1. The second-order valence-electron chi connectivity index (χ2n) is 5.72. The van der Waals surface area contributed by atoms with Crippen LogP contribution >= 0.6 is 0 Å². The van der Waals surface area contributed by atoms with E-state index < -0.39 is 0 Å². The number of nitrogens with one attached hydrogen (secondary N) is 1. The van der Waals surface area contributed by atoms with Crippen LogP contribution in [0.3, 0.4) is 0 Å². The third-order valence-electron chi connectivity index (χ3n) is 2.49. The highest BCUT2D eigenvalue weighted by atomic mass is 16.1. The van der Waals surface area contributed by atoms with Gasteiger partial charge in [0, 0.05) is 31.3 Å². The van der Waals surface area contributed by atoms with Crippen molar-refractivity contribution in [1.82, 2.24) is 19.7 Å². The standard InChI is InChI=1S/C13H18N4O/c1-13(2,3)6-11-15-10(5-12(18)16-11)9-7-14-17(4)8-9/h5,7-8H,6H2,1-4H3,(H,15,16,18). The quantitative estimate of drug-likeness (QED) is 0.878. The molecule has 0 aliphatic heterocycles. The minimum absolute atomic E-state index is 0.0868. The Kier molecular flexibility index (Phi) is 3.07. The monoisotopic (exact) mass is 246 g/mol. The van der Waals surface area contributed by atoms with E-state index in [-0.39, 0.29) is 11.0 Å². The molecule has 5 nitrogen and oxygen atoms in total. The van der Waals surface area contributed by atoms with E-state index in [2.05, 4.69) is 35.8 Å². The molecule has 0 fully saturated rings. The Morgan fingerprint density at radius 2 is 2.11 bits per heavy atom. The van der Waals surface area contributed by atoms with Crippen LogP contribution in [0, 0.1) is 5.41 Å². The lowest BCUT2D eigenvalue weighted by molar-refractivity contribution is 0.400. The Labute approximate surface area is 106 Å². The molecule has 5 heteroatoms. The van der Waals surface area contributed by atoms with E-state index in [1.54, 1.807) is 10.9 Å². The van der Waals surface area contributed by atoms with Crippen LogP contribution in [-0.4, -0.2) is 19.7 Å². The fraction of sp³-hybridized carbons (Fsp3) is 0.462. The number of aromatic amines is 1.